The third kappa shape index (κ3) is 4.54. The maximum absolute atomic E-state index is 12.2. The number of Topliss-reactive ketones (excluding diaryl/α,β-unsaturated/α-hetero) is 1. The summed E-state index contributed by atoms with van der Waals surface area (Å²) < 4.78 is 10.9. The normalized spacial score (nSPS) is 10.4. The fourth-order valence-corrected chi connectivity index (χ4v) is 3.28. The number of hydrogen-bond donors (Lipinski definition) is 0. The molecule has 148 valence electrons. The molecule has 0 saturated carbocycles. The Labute approximate surface area is 171 Å². The number of benzene rings is 3. The van der Waals surface area contributed by atoms with E-state index in [4.69, 9.17) is 9.47 Å². The zero-order valence-corrected chi connectivity index (χ0v) is 16.9. The zero-order valence-electron chi connectivity index (χ0n) is 16.9. The average molecular weight is 388 g/mol. The lowest BCUT2D eigenvalue weighted by molar-refractivity contribution is 0.0600. The lowest BCUT2D eigenvalue weighted by Crippen LogP contribution is -2.05. The van der Waals surface area contributed by atoms with E-state index in [9.17, 15) is 9.59 Å². The number of carbonyl (C=O) groups is 2. The smallest absolute Gasteiger partial charge is 0.337 e. The van der Waals surface area contributed by atoms with Crippen molar-refractivity contribution in [3.63, 3.8) is 0 Å². The van der Waals surface area contributed by atoms with Crippen LogP contribution in [0.25, 0.3) is 11.1 Å². The van der Waals surface area contributed by atoms with Crippen LogP contribution in [0.5, 0.6) is 5.75 Å². The van der Waals surface area contributed by atoms with E-state index in [1.807, 2.05) is 36.4 Å². The Balaban J connectivity index is 1.95. The van der Waals surface area contributed by atoms with Crippen LogP contribution in [-0.2, 0) is 17.8 Å². The van der Waals surface area contributed by atoms with Crippen molar-refractivity contribution in [2.24, 2.45) is 0 Å². The Bertz CT molecular complexity index is 1020. The van der Waals surface area contributed by atoms with Crippen LogP contribution in [0.1, 0.15) is 45.7 Å². The Morgan fingerprint density at radius 2 is 1.55 bits per heavy atom. The van der Waals surface area contributed by atoms with Gasteiger partial charge in [0.05, 0.1) is 18.2 Å². The molecule has 0 atom stereocenters. The van der Waals surface area contributed by atoms with E-state index in [0.29, 0.717) is 16.9 Å². The molecule has 4 heteroatoms. The highest BCUT2D eigenvalue weighted by atomic mass is 16.5. The number of para-hydroxylation sites is 1. The van der Waals surface area contributed by atoms with Gasteiger partial charge in [-0.25, -0.2) is 4.79 Å². The molecule has 0 bridgehead atoms. The summed E-state index contributed by atoms with van der Waals surface area (Å²) in [5.74, 6) is 0.160. The second-order valence-electron chi connectivity index (χ2n) is 6.73. The van der Waals surface area contributed by atoms with Crippen molar-refractivity contribution < 1.29 is 19.1 Å². The topological polar surface area (TPSA) is 52.6 Å². The molecule has 0 amide bonds. The molecule has 3 aromatic rings. The summed E-state index contributed by atoms with van der Waals surface area (Å²) in [6.07, 6.45) is 0.884. The highest BCUT2D eigenvalue weighted by molar-refractivity contribution is 5.99. The van der Waals surface area contributed by atoms with Crippen LogP contribution >= 0.6 is 0 Å². The molecule has 0 aliphatic heterocycles. The zero-order chi connectivity index (χ0) is 20.8. The van der Waals surface area contributed by atoms with Crippen molar-refractivity contribution in [3.8, 4) is 16.9 Å². The van der Waals surface area contributed by atoms with E-state index in [-0.39, 0.29) is 18.4 Å². The number of methoxy groups -OCH3 is 1. The molecule has 0 aliphatic rings. The summed E-state index contributed by atoms with van der Waals surface area (Å²) in [6.45, 7) is 3.94. The first-order chi connectivity index (χ1) is 14.0. The van der Waals surface area contributed by atoms with Gasteiger partial charge >= 0.3 is 5.97 Å². The van der Waals surface area contributed by atoms with Gasteiger partial charge in [-0.2, -0.15) is 0 Å². The molecule has 0 spiro atoms. The molecule has 0 aromatic heterocycles. The first-order valence-corrected chi connectivity index (χ1v) is 9.57. The number of esters is 1. The van der Waals surface area contributed by atoms with E-state index < -0.39 is 0 Å². The summed E-state index contributed by atoms with van der Waals surface area (Å²) in [6, 6.07) is 20.9. The molecule has 3 aromatic carbocycles. The van der Waals surface area contributed by atoms with Gasteiger partial charge in [0.1, 0.15) is 12.4 Å². The number of ether oxygens (including phenoxy) is 2. The van der Waals surface area contributed by atoms with Crippen LogP contribution in [0.15, 0.2) is 66.7 Å². The average Bonchev–Trinajstić information content (AvgIpc) is 2.77. The predicted molar refractivity (Wildman–Crippen MR) is 113 cm³/mol. The van der Waals surface area contributed by atoms with Crippen molar-refractivity contribution in [2.75, 3.05) is 7.11 Å². The van der Waals surface area contributed by atoms with Gasteiger partial charge < -0.3 is 9.47 Å². The van der Waals surface area contributed by atoms with Gasteiger partial charge in [-0.3, -0.25) is 4.79 Å². The molecule has 0 radical (unpaired) electrons. The molecule has 0 unspecified atom stereocenters. The highest BCUT2D eigenvalue weighted by Crippen LogP contribution is 2.36. The molecule has 3 rings (SSSR count). The Morgan fingerprint density at radius 1 is 0.862 bits per heavy atom. The van der Waals surface area contributed by atoms with E-state index in [2.05, 4.69) is 19.1 Å². The van der Waals surface area contributed by atoms with Gasteiger partial charge in [-0.1, -0.05) is 55.5 Å². The van der Waals surface area contributed by atoms with E-state index in [0.717, 1.165) is 23.1 Å². The SMILES string of the molecule is CCc1ccccc1-c1cccc(C(C)=O)c1OCc1ccc(C(=O)OC)cc1. The minimum absolute atomic E-state index is 0.0446. The van der Waals surface area contributed by atoms with E-state index >= 15 is 0 Å². The van der Waals surface area contributed by atoms with Gasteiger partial charge in [-0.15, -0.1) is 0 Å². The van der Waals surface area contributed by atoms with Gasteiger partial charge in [0.2, 0.25) is 0 Å². The number of ketones is 1. The Morgan fingerprint density at radius 3 is 2.21 bits per heavy atom. The van der Waals surface area contributed by atoms with Crippen molar-refractivity contribution in [2.45, 2.75) is 26.9 Å². The largest absolute Gasteiger partial charge is 0.487 e. The second kappa shape index (κ2) is 9.20. The summed E-state index contributed by atoms with van der Waals surface area (Å²) >= 11 is 0. The molecule has 4 nitrogen and oxygen atoms in total. The van der Waals surface area contributed by atoms with Gasteiger partial charge in [0.15, 0.2) is 5.78 Å². The Hall–Kier alpha value is -3.40. The molecular weight excluding hydrogens is 364 g/mol. The van der Waals surface area contributed by atoms with Crippen molar-refractivity contribution in [1.29, 1.82) is 0 Å². The van der Waals surface area contributed by atoms with E-state index in [1.54, 1.807) is 25.1 Å². The van der Waals surface area contributed by atoms with Crippen LogP contribution in [0, 0.1) is 0 Å². The second-order valence-corrected chi connectivity index (χ2v) is 6.73. The van der Waals surface area contributed by atoms with Crippen molar-refractivity contribution in [1.82, 2.24) is 0 Å². The molecule has 0 fully saturated rings. The highest BCUT2D eigenvalue weighted by Gasteiger charge is 2.17. The number of rotatable bonds is 7. The third-order valence-electron chi connectivity index (χ3n) is 4.84. The maximum Gasteiger partial charge on any atom is 0.337 e. The third-order valence-corrected chi connectivity index (χ3v) is 4.84. The molecule has 0 saturated heterocycles. The first-order valence-electron chi connectivity index (χ1n) is 9.57. The quantitative estimate of drug-likeness (QED) is 0.397. The van der Waals surface area contributed by atoms with Crippen molar-refractivity contribution in [3.05, 3.63) is 89.0 Å². The van der Waals surface area contributed by atoms with Gasteiger partial charge in [0.25, 0.3) is 0 Å². The van der Waals surface area contributed by atoms with Crippen molar-refractivity contribution >= 4 is 11.8 Å². The maximum atomic E-state index is 12.2. The van der Waals surface area contributed by atoms with Crippen LogP contribution in [0.3, 0.4) is 0 Å². The molecule has 0 heterocycles. The van der Waals surface area contributed by atoms with Crippen LogP contribution < -0.4 is 4.74 Å². The first kappa shape index (κ1) is 20.3. The fraction of sp³-hybridized carbons (Fsp3) is 0.200. The summed E-state index contributed by atoms with van der Waals surface area (Å²) in [5.41, 5.74) is 5.10. The molecule has 0 N–H and O–H groups in total. The number of hydrogen-bond acceptors (Lipinski definition) is 4. The predicted octanol–water partition coefficient (Wildman–Crippen LogP) is 5.48. The van der Waals surface area contributed by atoms with E-state index in [1.165, 1.54) is 12.7 Å². The number of carbonyl (C=O) groups excluding carboxylic acids is 2. The van der Waals surface area contributed by atoms with Gasteiger partial charge in [-0.05, 0) is 48.2 Å². The van der Waals surface area contributed by atoms with Crippen LogP contribution in [-0.4, -0.2) is 18.9 Å². The van der Waals surface area contributed by atoms with Crippen LogP contribution in [0.2, 0.25) is 0 Å². The molecular formula is C25H24O4. The minimum Gasteiger partial charge on any atom is -0.487 e. The fourth-order valence-electron chi connectivity index (χ4n) is 3.28. The van der Waals surface area contributed by atoms with Gasteiger partial charge in [0, 0.05) is 5.56 Å². The lowest BCUT2D eigenvalue weighted by atomic mass is 9.95. The number of aryl methyl sites for hydroxylation is 1. The lowest BCUT2D eigenvalue weighted by Gasteiger charge is -2.17. The summed E-state index contributed by atoms with van der Waals surface area (Å²) in [4.78, 5) is 23.8. The Kier molecular flexibility index (Phi) is 6.45. The minimum atomic E-state index is -0.377. The summed E-state index contributed by atoms with van der Waals surface area (Å²) in [7, 11) is 1.35. The standard InChI is InChI=1S/C25H24O4/c1-4-19-8-5-6-9-22(19)23-11-7-10-21(17(2)26)24(23)29-16-18-12-14-20(15-13-18)25(27)28-3/h5-15H,4,16H2,1-3H3. The van der Waals surface area contributed by atoms with Crippen LogP contribution in [0.4, 0.5) is 0 Å². The molecule has 29 heavy (non-hydrogen) atoms. The monoisotopic (exact) mass is 388 g/mol. The summed E-state index contributed by atoms with van der Waals surface area (Å²) in [5, 5.41) is 0. The molecule has 0 aliphatic carbocycles.